The fraction of sp³-hybridized carbons (Fsp3) is 0.176. The second-order valence-electron chi connectivity index (χ2n) is 5.16. The molecule has 0 spiro atoms. The molecule has 5 heteroatoms. The normalized spacial score (nSPS) is 10.4. The Hall–Kier alpha value is -1.91. The van der Waals surface area contributed by atoms with E-state index >= 15 is 0 Å². The first-order valence-corrected chi connectivity index (χ1v) is 7.73. The summed E-state index contributed by atoms with van der Waals surface area (Å²) in [6.07, 6.45) is 0. The smallest absolute Gasteiger partial charge is 0.257 e. The van der Waals surface area contributed by atoms with E-state index in [9.17, 15) is 4.79 Å². The zero-order chi connectivity index (χ0) is 16.1. The summed E-state index contributed by atoms with van der Waals surface area (Å²) in [4.78, 5) is 12.1. The first-order chi connectivity index (χ1) is 10.5. The number of nitrogens with one attached hydrogen (secondary N) is 2. The number of anilines is 1. The third kappa shape index (κ3) is 4.29. The highest BCUT2D eigenvalue weighted by molar-refractivity contribution is 7.80. The van der Waals surface area contributed by atoms with Gasteiger partial charge in [0.2, 0.25) is 0 Å². The van der Waals surface area contributed by atoms with Gasteiger partial charge in [-0.1, -0.05) is 43.6 Å². The maximum Gasteiger partial charge on any atom is 0.257 e. The van der Waals surface area contributed by atoms with Crippen molar-refractivity contribution >= 4 is 40.5 Å². The van der Waals surface area contributed by atoms with Crippen molar-refractivity contribution in [1.29, 1.82) is 0 Å². The Labute approximate surface area is 140 Å². The van der Waals surface area contributed by atoms with Gasteiger partial charge in [0.1, 0.15) is 0 Å². The summed E-state index contributed by atoms with van der Waals surface area (Å²) >= 11 is 11.0. The minimum atomic E-state index is -0.267. The predicted molar refractivity (Wildman–Crippen MR) is 95.7 cm³/mol. The lowest BCUT2D eigenvalue weighted by molar-refractivity contribution is 0.0978. The molecule has 0 heterocycles. The second kappa shape index (κ2) is 7.38. The van der Waals surface area contributed by atoms with E-state index in [1.165, 1.54) is 0 Å². The van der Waals surface area contributed by atoms with Crippen LogP contribution in [0.1, 0.15) is 35.7 Å². The number of hydrogen-bond acceptors (Lipinski definition) is 2. The van der Waals surface area contributed by atoms with E-state index in [4.69, 9.17) is 23.8 Å². The van der Waals surface area contributed by atoms with E-state index < -0.39 is 0 Å². The topological polar surface area (TPSA) is 41.1 Å². The molecular formula is C17H17ClN2OS. The highest BCUT2D eigenvalue weighted by Crippen LogP contribution is 2.23. The molecule has 1 amide bonds. The molecule has 2 aromatic rings. The summed E-state index contributed by atoms with van der Waals surface area (Å²) in [6, 6.07) is 14.5. The molecular weight excluding hydrogens is 316 g/mol. The Balaban J connectivity index is 2.04. The zero-order valence-electron chi connectivity index (χ0n) is 12.4. The lowest BCUT2D eigenvalue weighted by Gasteiger charge is -2.15. The minimum Gasteiger partial charge on any atom is -0.332 e. The van der Waals surface area contributed by atoms with Crippen molar-refractivity contribution in [1.82, 2.24) is 5.32 Å². The van der Waals surface area contributed by atoms with Crippen LogP contribution in [0, 0.1) is 0 Å². The highest BCUT2D eigenvalue weighted by Gasteiger charge is 2.10. The summed E-state index contributed by atoms with van der Waals surface area (Å²) in [6.45, 7) is 4.21. The van der Waals surface area contributed by atoms with Crippen molar-refractivity contribution < 1.29 is 4.79 Å². The van der Waals surface area contributed by atoms with Gasteiger partial charge in [-0.05, 0) is 54.0 Å². The van der Waals surface area contributed by atoms with Crippen LogP contribution in [-0.4, -0.2) is 11.0 Å². The Morgan fingerprint density at radius 3 is 2.36 bits per heavy atom. The lowest BCUT2D eigenvalue weighted by atomic mass is 10.0. The van der Waals surface area contributed by atoms with E-state index in [1.807, 2.05) is 24.3 Å². The van der Waals surface area contributed by atoms with Gasteiger partial charge in [0.25, 0.3) is 5.91 Å². The van der Waals surface area contributed by atoms with Crippen LogP contribution in [0.3, 0.4) is 0 Å². The summed E-state index contributed by atoms with van der Waals surface area (Å²) in [7, 11) is 0. The van der Waals surface area contributed by atoms with Crippen LogP contribution < -0.4 is 10.6 Å². The van der Waals surface area contributed by atoms with Gasteiger partial charge in [-0.15, -0.1) is 0 Å². The molecule has 22 heavy (non-hydrogen) atoms. The molecule has 114 valence electrons. The number of rotatable bonds is 3. The highest BCUT2D eigenvalue weighted by atomic mass is 35.5. The Kier molecular flexibility index (Phi) is 5.52. The molecule has 2 aromatic carbocycles. The largest absolute Gasteiger partial charge is 0.332 e. The summed E-state index contributed by atoms with van der Waals surface area (Å²) in [5.41, 5.74) is 2.55. The van der Waals surface area contributed by atoms with Crippen molar-refractivity contribution in [3.8, 4) is 0 Å². The Morgan fingerprint density at radius 2 is 1.73 bits per heavy atom. The molecule has 0 fully saturated rings. The lowest BCUT2D eigenvalue weighted by Crippen LogP contribution is -2.34. The van der Waals surface area contributed by atoms with E-state index in [1.54, 1.807) is 24.3 Å². The molecule has 0 aliphatic rings. The summed E-state index contributed by atoms with van der Waals surface area (Å²) in [5.74, 6) is 0.0923. The van der Waals surface area contributed by atoms with Gasteiger partial charge in [-0.25, -0.2) is 0 Å². The average molecular weight is 333 g/mol. The Morgan fingerprint density at radius 1 is 1.09 bits per heavy atom. The quantitative estimate of drug-likeness (QED) is 0.808. The third-order valence-electron chi connectivity index (χ3n) is 3.16. The maximum absolute atomic E-state index is 12.1. The fourth-order valence-electron chi connectivity index (χ4n) is 2.04. The molecule has 0 atom stereocenters. The van der Waals surface area contributed by atoms with Crippen LogP contribution in [0.5, 0.6) is 0 Å². The number of benzene rings is 2. The van der Waals surface area contributed by atoms with E-state index in [0.29, 0.717) is 16.5 Å². The van der Waals surface area contributed by atoms with Gasteiger partial charge in [0, 0.05) is 16.3 Å². The van der Waals surface area contributed by atoms with Crippen molar-refractivity contribution in [2.45, 2.75) is 19.8 Å². The van der Waals surface area contributed by atoms with Gasteiger partial charge in [0.05, 0.1) is 0 Å². The Bertz CT molecular complexity index is 683. The molecule has 0 bridgehead atoms. The van der Waals surface area contributed by atoms with Gasteiger partial charge >= 0.3 is 0 Å². The first-order valence-electron chi connectivity index (χ1n) is 6.94. The van der Waals surface area contributed by atoms with Crippen molar-refractivity contribution in [3.63, 3.8) is 0 Å². The van der Waals surface area contributed by atoms with Crippen LogP contribution >= 0.6 is 23.8 Å². The van der Waals surface area contributed by atoms with Gasteiger partial charge in [0.15, 0.2) is 5.11 Å². The molecule has 2 rings (SSSR count). The number of halogens is 1. The second-order valence-corrected chi connectivity index (χ2v) is 6.00. The van der Waals surface area contributed by atoms with E-state index in [2.05, 4.69) is 24.5 Å². The SMILES string of the molecule is CC(C)c1ccccc1NC(=S)NC(=O)c1ccc(Cl)cc1. The van der Waals surface area contributed by atoms with Crippen molar-refractivity contribution in [2.24, 2.45) is 0 Å². The van der Waals surface area contributed by atoms with Gasteiger partial charge < -0.3 is 5.32 Å². The summed E-state index contributed by atoms with van der Waals surface area (Å²) < 4.78 is 0. The van der Waals surface area contributed by atoms with Crippen LogP contribution in [0.2, 0.25) is 5.02 Å². The van der Waals surface area contributed by atoms with E-state index in [-0.39, 0.29) is 11.0 Å². The molecule has 0 radical (unpaired) electrons. The van der Waals surface area contributed by atoms with Gasteiger partial charge in [-0.2, -0.15) is 0 Å². The molecule has 2 N–H and O–H groups in total. The maximum atomic E-state index is 12.1. The minimum absolute atomic E-state index is 0.267. The van der Waals surface area contributed by atoms with Crippen LogP contribution in [0.25, 0.3) is 0 Å². The van der Waals surface area contributed by atoms with Crippen LogP contribution in [0.4, 0.5) is 5.69 Å². The first kappa shape index (κ1) is 16.5. The third-order valence-corrected chi connectivity index (χ3v) is 3.62. The number of carbonyl (C=O) groups is 1. The predicted octanol–water partition coefficient (Wildman–Crippen LogP) is 4.59. The zero-order valence-corrected chi connectivity index (χ0v) is 14.0. The van der Waals surface area contributed by atoms with Gasteiger partial charge in [-0.3, -0.25) is 10.1 Å². The molecule has 0 unspecified atom stereocenters. The molecule has 0 aliphatic carbocycles. The number of amides is 1. The summed E-state index contributed by atoms with van der Waals surface area (Å²) in [5, 5.41) is 6.60. The molecule has 0 aliphatic heterocycles. The van der Waals surface area contributed by atoms with Crippen LogP contribution in [0.15, 0.2) is 48.5 Å². The molecule has 0 saturated carbocycles. The molecule has 0 saturated heterocycles. The standard InChI is InChI=1S/C17H17ClN2OS/c1-11(2)14-5-3-4-6-15(14)19-17(22)20-16(21)12-7-9-13(18)10-8-12/h3-11H,1-2H3,(H2,19,20,21,22). The number of hydrogen-bond donors (Lipinski definition) is 2. The van der Waals surface area contributed by atoms with Crippen LogP contribution in [-0.2, 0) is 0 Å². The number of para-hydroxylation sites is 1. The monoisotopic (exact) mass is 332 g/mol. The van der Waals surface area contributed by atoms with E-state index in [0.717, 1.165) is 11.3 Å². The molecule has 3 nitrogen and oxygen atoms in total. The van der Waals surface area contributed by atoms with Crippen molar-refractivity contribution in [2.75, 3.05) is 5.32 Å². The van der Waals surface area contributed by atoms with Crippen molar-refractivity contribution in [3.05, 3.63) is 64.7 Å². The average Bonchev–Trinajstić information content (AvgIpc) is 2.48. The number of carbonyl (C=O) groups excluding carboxylic acids is 1. The fourth-order valence-corrected chi connectivity index (χ4v) is 2.37. The number of thiocarbonyl (C=S) groups is 1. The molecule has 0 aromatic heterocycles.